The maximum absolute atomic E-state index is 12.5. The van der Waals surface area contributed by atoms with Crippen molar-refractivity contribution in [2.45, 2.75) is 6.92 Å². The van der Waals surface area contributed by atoms with Gasteiger partial charge in [0.2, 0.25) is 0 Å². The molecule has 0 rings (SSSR count). The van der Waals surface area contributed by atoms with Gasteiger partial charge in [0.15, 0.2) is 0 Å². The van der Waals surface area contributed by atoms with Crippen molar-refractivity contribution >= 4 is 30.9 Å². The molecule has 0 aromatic heterocycles. The summed E-state index contributed by atoms with van der Waals surface area (Å²) in [6.45, 7) is 3.22. The summed E-state index contributed by atoms with van der Waals surface area (Å²) in [5.74, 6) is 0.809. The van der Waals surface area contributed by atoms with Gasteiger partial charge >= 0.3 is 7.67 Å². The van der Waals surface area contributed by atoms with Crippen LogP contribution in [0, 0.1) is 0 Å². The first-order valence-electron chi connectivity index (χ1n) is 4.82. The maximum atomic E-state index is 12.5. The molecule has 0 saturated heterocycles. The monoisotopic (exact) mass is 276 g/mol. The van der Waals surface area contributed by atoms with Gasteiger partial charge in [0.25, 0.3) is 0 Å². The Morgan fingerprint density at radius 2 is 1.67 bits per heavy atom. The first-order valence-corrected chi connectivity index (χ1v) is 7.42. The van der Waals surface area contributed by atoms with E-state index in [1.165, 1.54) is 0 Å². The van der Waals surface area contributed by atoms with Gasteiger partial charge in [-0.15, -0.1) is 23.2 Å². The molecule has 1 atom stereocenters. The zero-order chi connectivity index (χ0) is 11.9. The van der Waals surface area contributed by atoms with Crippen LogP contribution in [0.25, 0.3) is 0 Å². The fraction of sp³-hybridized carbons (Fsp3) is 1.00. The van der Waals surface area contributed by atoms with Crippen molar-refractivity contribution in [2.24, 2.45) is 0 Å². The number of hydrogen-bond donors (Lipinski definition) is 0. The van der Waals surface area contributed by atoms with Crippen molar-refractivity contribution in [2.75, 3.05) is 45.6 Å². The van der Waals surface area contributed by atoms with Gasteiger partial charge in [-0.25, -0.2) is 9.34 Å². The molecule has 7 heteroatoms. The van der Waals surface area contributed by atoms with Crippen molar-refractivity contribution in [1.29, 1.82) is 0 Å². The van der Waals surface area contributed by atoms with Gasteiger partial charge in [0, 0.05) is 24.8 Å². The number of nitrogens with zero attached hydrogens (tertiary/aromatic N) is 2. The second kappa shape index (κ2) is 7.88. The van der Waals surface area contributed by atoms with Crippen LogP contribution in [-0.4, -0.2) is 54.9 Å². The molecule has 0 bridgehead atoms. The summed E-state index contributed by atoms with van der Waals surface area (Å²) in [6.07, 6.45) is 0. The van der Waals surface area contributed by atoms with Crippen molar-refractivity contribution in [3.63, 3.8) is 0 Å². The Morgan fingerprint density at radius 1 is 1.20 bits per heavy atom. The number of hydrogen-bond acceptors (Lipinski definition) is 2. The quantitative estimate of drug-likeness (QED) is 0.504. The van der Waals surface area contributed by atoms with Gasteiger partial charge < -0.3 is 4.52 Å². The van der Waals surface area contributed by atoms with E-state index >= 15 is 0 Å². The molecule has 4 nitrogen and oxygen atoms in total. The minimum Gasteiger partial charge on any atom is -0.306 e. The zero-order valence-electron chi connectivity index (χ0n) is 9.45. The number of rotatable bonds is 8. The third-order valence-corrected chi connectivity index (χ3v) is 4.90. The molecule has 0 N–H and O–H groups in total. The Morgan fingerprint density at radius 3 is 1.93 bits per heavy atom. The SMILES string of the molecule is CCOP(=O)(N(C)C)N(CCCl)CCCl. The first-order chi connectivity index (χ1) is 7.02. The van der Waals surface area contributed by atoms with Crippen LogP contribution in [-0.2, 0) is 9.09 Å². The van der Waals surface area contributed by atoms with Crippen LogP contribution in [0.15, 0.2) is 0 Å². The Kier molecular flexibility index (Phi) is 8.24. The predicted octanol–water partition coefficient (Wildman–Crippen LogP) is 2.47. The van der Waals surface area contributed by atoms with Crippen molar-refractivity contribution in [3.05, 3.63) is 0 Å². The zero-order valence-corrected chi connectivity index (χ0v) is 11.9. The summed E-state index contributed by atoms with van der Waals surface area (Å²) >= 11 is 11.3. The highest BCUT2D eigenvalue weighted by atomic mass is 35.5. The molecule has 1 unspecified atom stereocenters. The normalized spacial score (nSPS) is 15.9. The summed E-state index contributed by atoms with van der Waals surface area (Å²) in [6, 6.07) is 0. The molecule has 0 aliphatic carbocycles. The van der Waals surface area contributed by atoms with E-state index in [0.717, 1.165) is 0 Å². The fourth-order valence-electron chi connectivity index (χ4n) is 1.18. The predicted molar refractivity (Wildman–Crippen MR) is 65.9 cm³/mol. The van der Waals surface area contributed by atoms with Crippen molar-refractivity contribution < 1.29 is 9.09 Å². The van der Waals surface area contributed by atoms with Crippen molar-refractivity contribution in [1.82, 2.24) is 9.34 Å². The molecule has 15 heavy (non-hydrogen) atoms. The molecular weight excluding hydrogens is 258 g/mol. The van der Waals surface area contributed by atoms with Crippen LogP contribution in [0.2, 0.25) is 0 Å². The van der Waals surface area contributed by atoms with Gasteiger partial charge in [0.1, 0.15) is 0 Å². The van der Waals surface area contributed by atoms with Gasteiger partial charge in [-0.3, -0.25) is 4.57 Å². The molecule has 0 spiro atoms. The molecular formula is C8H19Cl2N2O2P. The highest BCUT2D eigenvalue weighted by molar-refractivity contribution is 7.53. The lowest BCUT2D eigenvalue weighted by Crippen LogP contribution is -2.32. The van der Waals surface area contributed by atoms with Crippen LogP contribution >= 0.6 is 30.9 Å². The van der Waals surface area contributed by atoms with Crippen molar-refractivity contribution in [3.8, 4) is 0 Å². The highest BCUT2D eigenvalue weighted by Crippen LogP contribution is 2.52. The average molecular weight is 277 g/mol. The Hall–Kier alpha value is 0.690. The molecule has 92 valence electrons. The Labute approximate surface area is 102 Å². The van der Waals surface area contributed by atoms with E-state index in [-0.39, 0.29) is 0 Å². The fourth-order valence-corrected chi connectivity index (χ4v) is 3.76. The molecule has 0 fully saturated rings. The minimum absolute atomic E-state index is 0.399. The highest BCUT2D eigenvalue weighted by Gasteiger charge is 2.33. The lowest BCUT2D eigenvalue weighted by Gasteiger charge is -2.33. The van der Waals surface area contributed by atoms with Crippen LogP contribution in [0.4, 0.5) is 0 Å². The van der Waals surface area contributed by atoms with Crippen LogP contribution < -0.4 is 0 Å². The smallest absolute Gasteiger partial charge is 0.306 e. The molecule has 0 amide bonds. The van der Waals surface area contributed by atoms with E-state index in [4.69, 9.17) is 27.7 Å². The van der Waals surface area contributed by atoms with E-state index in [0.29, 0.717) is 31.5 Å². The summed E-state index contributed by atoms with van der Waals surface area (Å²) in [7, 11) is 0.519. The minimum atomic E-state index is -2.94. The third-order valence-electron chi connectivity index (χ3n) is 1.85. The number of halogens is 2. The number of alkyl halides is 2. The standard InChI is InChI=1S/C8H19Cl2N2O2P/c1-4-14-15(13,11(2)3)12(7-5-9)8-6-10/h4-8H2,1-3H3. The molecule has 0 aromatic carbocycles. The summed E-state index contributed by atoms with van der Waals surface area (Å²) < 4.78 is 21.2. The van der Waals surface area contributed by atoms with Crippen LogP contribution in [0.1, 0.15) is 6.92 Å². The summed E-state index contributed by atoms with van der Waals surface area (Å²) in [5, 5.41) is 0. The molecule has 0 aliphatic heterocycles. The van der Waals surface area contributed by atoms with Gasteiger partial charge in [-0.1, -0.05) is 0 Å². The van der Waals surface area contributed by atoms with E-state index in [1.807, 2.05) is 6.92 Å². The van der Waals surface area contributed by atoms with Gasteiger partial charge in [-0.2, -0.15) is 0 Å². The average Bonchev–Trinajstić information content (AvgIpc) is 2.17. The summed E-state index contributed by atoms with van der Waals surface area (Å²) in [4.78, 5) is 0. The summed E-state index contributed by atoms with van der Waals surface area (Å²) in [5.41, 5.74) is 0. The topological polar surface area (TPSA) is 32.8 Å². The Balaban J connectivity index is 4.73. The molecule has 0 radical (unpaired) electrons. The molecule has 0 heterocycles. The van der Waals surface area contributed by atoms with E-state index < -0.39 is 7.67 Å². The second-order valence-electron chi connectivity index (χ2n) is 3.09. The first kappa shape index (κ1) is 15.7. The molecule has 0 saturated carbocycles. The maximum Gasteiger partial charge on any atom is 0.345 e. The lowest BCUT2D eigenvalue weighted by atomic mass is 10.6. The Bertz CT molecular complexity index is 211. The molecule has 0 aliphatic rings. The van der Waals surface area contributed by atoms with E-state index in [2.05, 4.69) is 0 Å². The second-order valence-corrected chi connectivity index (χ2v) is 6.45. The van der Waals surface area contributed by atoms with E-state index in [1.54, 1.807) is 23.4 Å². The third kappa shape index (κ3) is 4.59. The van der Waals surface area contributed by atoms with Gasteiger partial charge in [0.05, 0.1) is 6.61 Å². The lowest BCUT2D eigenvalue weighted by molar-refractivity contribution is 0.241. The largest absolute Gasteiger partial charge is 0.345 e. The van der Waals surface area contributed by atoms with Gasteiger partial charge in [-0.05, 0) is 21.0 Å². The van der Waals surface area contributed by atoms with Crippen LogP contribution in [0.5, 0.6) is 0 Å². The van der Waals surface area contributed by atoms with Crippen LogP contribution in [0.3, 0.4) is 0 Å². The molecule has 0 aromatic rings. The van der Waals surface area contributed by atoms with E-state index in [9.17, 15) is 4.57 Å².